The maximum atomic E-state index is 11.4. The first-order chi connectivity index (χ1) is 6.46. The van der Waals surface area contributed by atoms with Crippen LogP contribution < -0.4 is 5.32 Å². The van der Waals surface area contributed by atoms with E-state index in [2.05, 4.69) is 5.32 Å². The van der Waals surface area contributed by atoms with E-state index < -0.39 is 10.0 Å². The largest absolute Gasteiger partial charge is 0.313 e. The highest BCUT2D eigenvalue weighted by atomic mass is 32.2. The van der Waals surface area contributed by atoms with E-state index in [4.69, 9.17) is 0 Å². The summed E-state index contributed by atoms with van der Waals surface area (Å²) in [6, 6.07) is 3.02. The van der Waals surface area contributed by atoms with Gasteiger partial charge in [-0.3, -0.25) is 4.79 Å². The summed E-state index contributed by atoms with van der Waals surface area (Å²) in [6.45, 7) is 0.125. The van der Waals surface area contributed by atoms with E-state index in [-0.39, 0.29) is 18.0 Å². The Morgan fingerprint density at radius 1 is 1.57 bits per heavy atom. The van der Waals surface area contributed by atoms with E-state index in [0.717, 1.165) is 10.2 Å². The van der Waals surface area contributed by atoms with Crippen LogP contribution in [0.1, 0.15) is 10.5 Å². The molecule has 0 aliphatic rings. The standard InChI is InChI=1S/C8H12N2O3S/c1-9-6-8(11)7-4-3-5-10(7)14(2,12)13/h3-5,9H,6H2,1-2H3. The molecule has 14 heavy (non-hydrogen) atoms. The third kappa shape index (κ3) is 2.21. The molecule has 1 aromatic heterocycles. The van der Waals surface area contributed by atoms with Gasteiger partial charge in [-0.2, -0.15) is 0 Å². The third-order valence-electron chi connectivity index (χ3n) is 1.69. The molecule has 1 aromatic rings. The number of hydrogen-bond acceptors (Lipinski definition) is 4. The summed E-state index contributed by atoms with van der Waals surface area (Å²) in [6.07, 6.45) is 2.42. The summed E-state index contributed by atoms with van der Waals surface area (Å²) in [5, 5.41) is 2.68. The molecule has 0 aromatic carbocycles. The molecule has 0 radical (unpaired) electrons. The third-order valence-corrected chi connectivity index (χ3v) is 2.73. The lowest BCUT2D eigenvalue weighted by atomic mass is 10.3. The normalized spacial score (nSPS) is 11.6. The SMILES string of the molecule is CNCC(=O)c1cccn1S(C)(=O)=O. The lowest BCUT2D eigenvalue weighted by Crippen LogP contribution is -2.23. The van der Waals surface area contributed by atoms with Gasteiger partial charge in [0.15, 0.2) is 5.78 Å². The van der Waals surface area contributed by atoms with E-state index in [9.17, 15) is 13.2 Å². The Kier molecular flexibility index (Phi) is 3.07. The van der Waals surface area contributed by atoms with Gasteiger partial charge in [-0.1, -0.05) is 0 Å². The van der Waals surface area contributed by atoms with Crippen LogP contribution in [0.2, 0.25) is 0 Å². The van der Waals surface area contributed by atoms with Crippen LogP contribution in [0.5, 0.6) is 0 Å². The average Bonchev–Trinajstić information content (AvgIpc) is 2.50. The number of carbonyl (C=O) groups excluding carboxylic acids is 1. The molecule has 0 aliphatic carbocycles. The maximum absolute atomic E-state index is 11.4. The van der Waals surface area contributed by atoms with E-state index in [1.807, 2.05) is 0 Å². The second kappa shape index (κ2) is 3.93. The smallest absolute Gasteiger partial charge is 0.236 e. The molecule has 6 heteroatoms. The molecule has 78 valence electrons. The fourth-order valence-corrected chi connectivity index (χ4v) is 1.93. The highest BCUT2D eigenvalue weighted by molar-refractivity contribution is 7.89. The lowest BCUT2D eigenvalue weighted by Gasteiger charge is -2.04. The van der Waals surface area contributed by atoms with Crippen LogP contribution >= 0.6 is 0 Å². The van der Waals surface area contributed by atoms with Gasteiger partial charge in [-0.25, -0.2) is 12.4 Å². The summed E-state index contributed by atoms with van der Waals surface area (Å²) < 4.78 is 23.4. The molecular formula is C8H12N2O3S. The minimum absolute atomic E-state index is 0.125. The van der Waals surface area contributed by atoms with Gasteiger partial charge in [0, 0.05) is 6.20 Å². The lowest BCUT2D eigenvalue weighted by molar-refractivity contribution is 0.0988. The van der Waals surface area contributed by atoms with Crippen molar-refractivity contribution in [2.24, 2.45) is 0 Å². The number of aromatic nitrogens is 1. The van der Waals surface area contributed by atoms with Gasteiger partial charge in [0.2, 0.25) is 10.0 Å². The number of rotatable bonds is 4. The van der Waals surface area contributed by atoms with Crippen molar-refractivity contribution in [2.75, 3.05) is 19.8 Å². The molecule has 0 atom stereocenters. The van der Waals surface area contributed by atoms with Crippen LogP contribution in [-0.2, 0) is 10.0 Å². The Labute approximate surface area is 82.8 Å². The van der Waals surface area contributed by atoms with Crippen molar-refractivity contribution in [3.05, 3.63) is 24.0 Å². The topological polar surface area (TPSA) is 68.2 Å². The monoisotopic (exact) mass is 216 g/mol. The second-order valence-electron chi connectivity index (χ2n) is 2.91. The summed E-state index contributed by atoms with van der Waals surface area (Å²) in [4.78, 5) is 11.4. The maximum Gasteiger partial charge on any atom is 0.236 e. The van der Waals surface area contributed by atoms with Crippen LogP contribution in [-0.4, -0.2) is 38.0 Å². The Balaban J connectivity index is 3.12. The van der Waals surface area contributed by atoms with E-state index in [1.165, 1.54) is 18.3 Å². The number of hydrogen-bond donors (Lipinski definition) is 1. The first kappa shape index (κ1) is 10.9. The quantitative estimate of drug-likeness (QED) is 0.701. The molecule has 0 amide bonds. The van der Waals surface area contributed by atoms with Crippen molar-refractivity contribution in [1.82, 2.24) is 9.29 Å². The van der Waals surface area contributed by atoms with E-state index >= 15 is 0 Å². The molecule has 0 saturated carbocycles. The summed E-state index contributed by atoms with van der Waals surface area (Å²) in [5.41, 5.74) is 0.182. The number of carbonyl (C=O) groups is 1. The number of Topliss-reactive ketones (excluding diaryl/α,β-unsaturated/α-hetero) is 1. The molecule has 1 heterocycles. The second-order valence-corrected chi connectivity index (χ2v) is 4.77. The molecule has 1 rings (SSSR count). The summed E-state index contributed by atoms with van der Waals surface area (Å²) >= 11 is 0. The van der Waals surface area contributed by atoms with Crippen molar-refractivity contribution >= 4 is 15.8 Å². The number of nitrogens with one attached hydrogen (secondary N) is 1. The predicted molar refractivity (Wildman–Crippen MR) is 52.9 cm³/mol. The Bertz CT molecular complexity index is 433. The predicted octanol–water partition coefficient (Wildman–Crippen LogP) is -0.302. The van der Waals surface area contributed by atoms with Gasteiger partial charge in [-0.15, -0.1) is 0 Å². The molecule has 5 nitrogen and oxygen atoms in total. The van der Waals surface area contributed by atoms with E-state index in [1.54, 1.807) is 7.05 Å². The van der Waals surface area contributed by atoms with Gasteiger partial charge in [0.25, 0.3) is 0 Å². The number of likely N-dealkylation sites (N-methyl/N-ethyl adjacent to an activating group) is 1. The summed E-state index contributed by atoms with van der Waals surface area (Å²) in [7, 11) is -1.75. The first-order valence-corrected chi connectivity index (χ1v) is 5.87. The molecule has 0 bridgehead atoms. The van der Waals surface area contributed by atoms with Gasteiger partial charge in [0.1, 0.15) is 5.69 Å². The Morgan fingerprint density at radius 2 is 2.21 bits per heavy atom. The molecule has 1 N–H and O–H groups in total. The van der Waals surface area contributed by atoms with Crippen molar-refractivity contribution in [1.29, 1.82) is 0 Å². The van der Waals surface area contributed by atoms with Crippen molar-refractivity contribution in [2.45, 2.75) is 0 Å². The first-order valence-electron chi connectivity index (χ1n) is 4.02. The molecule has 0 saturated heterocycles. The molecule has 0 aliphatic heterocycles. The van der Waals surface area contributed by atoms with Gasteiger partial charge in [0.05, 0.1) is 12.8 Å². The van der Waals surface area contributed by atoms with Gasteiger partial charge in [-0.05, 0) is 19.2 Å². The number of ketones is 1. The fourth-order valence-electron chi connectivity index (χ4n) is 1.12. The minimum atomic E-state index is -3.39. The van der Waals surface area contributed by atoms with Crippen molar-refractivity contribution in [3.63, 3.8) is 0 Å². The van der Waals surface area contributed by atoms with Crippen LogP contribution in [0, 0.1) is 0 Å². The molecule has 0 spiro atoms. The molecule has 0 unspecified atom stereocenters. The zero-order valence-electron chi connectivity index (χ0n) is 8.02. The minimum Gasteiger partial charge on any atom is -0.313 e. The van der Waals surface area contributed by atoms with Crippen LogP contribution in [0.4, 0.5) is 0 Å². The van der Waals surface area contributed by atoms with Crippen LogP contribution in [0.15, 0.2) is 18.3 Å². The highest BCUT2D eigenvalue weighted by Crippen LogP contribution is 2.05. The fraction of sp³-hybridized carbons (Fsp3) is 0.375. The van der Waals surface area contributed by atoms with Crippen LogP contribution in [0.3, 0.4) is 0 Å². The molecular weight excluding hydrogens is 204 g/mol. The van der Waals surface area contributed by atoms with Crippen LogP contribution in [0.25, 0.3) is 0 Å². The molecule has 0 fully saturated rings. The Morgan fingerprint density at radius 3 is 2.71 bits per heavy atom. The zero-order valence-corrected chi connectivity index (χ0v) is 8.84. The summed E-state index contributed by atoms with van der Waals surface area (Å²) in [5.74, 6) is -0.247. The Hall–Kier alpha value is -1.14. The number of nitrogens with zero attached hydrogens (tertiary/aromatic N) is 1. The van der Waals surface area contributed by atoms with Gasteiger partial charge >= 0.3 is 0 Å². The van der Waals surface area contributed by atoms with Gasteiger partial charge < -0.3 is 5.32 Å². The van der Waals surface area contributed by atoms with Crippen molar-refractivity contribution < 1.29 is 13.2 Å². The van der Waals surface area contributed by atoms with E-state index in [0.29, 0.717) is 0 Å². The zero-order chi connectivity index (χ0) is 10.8. The average molecular weight is 216 g/mol. The van der Waals surface area contributed by atoms with Crippen molar-refractivity contribution in [3.8, 4) is 0 Å². The highest BCUT2D eigenvalue weighted by Gasteiger charge is 2.15.